The summed E-state index contributed by atoms with van der Waals surface area (Å²) in [7, 11) is -4.72. The van der Waals surface area contributed by atoms with Crippen molar-refractivity contribution in [2.45, 2.75) is 39.0 Å². The van der Waals surface area contributed by atoms with Crippen molar-refractivity contribution in [3.05, 3.63) is 0 Å². The second-order valence-electron chi connectivity index (χ2n) is 2.69. The van der Waals surface area contributed by atoms with Gasteiger partial charge < -0.3 is 18.9 Å². The van der Waals surface area contributed by atoms with Crippen LogP contribution in [-0.4, -0.2) is 6.61 Å². The Morgan fingerprint density at radius 3 is 2.15 bits per heavy atom. The summed E-state index contributed by atoms with van der Waals surface area (Å²) in [5.74, 6) is 0. The number of rotatable bonds is 7. The van der Waals surface area contributed by atoms with Crippen molar-refractivity contribution in [3.8, 4) is 0 Å². The Morgan fingerprint density at radius 1 is 1.15 bits per heavy atom. The van der Waals surface area contributed by atoms with Crippen molar-refractivity contribution in [1.29, 1.82) is 0 Å². The number of phosphoric acid groups is 1. The molecule has 0 aromatic rings. The predicted octanol–water partition coefficient (Wildman–Crippen LogP) is 0.800. The van der Waals surface area contributed by atoms with Crippen molar-refractivity contribution in [3.63, 3.8) is 0 Å². The van der Waals surface area contributed by atoms with E-state index in [1.807, 2.05) is 0 Å². The summed E-state index contributed by atoms with van der Waals surface area (Å²) in [6.07, 6.45) is 4.93. The maximum Gasteiger partial charge on any atom is 2.00 e. The van der Waals surface area contributed by atoms with Crippen molar-refractivity contribution in [1.82, 2.24) is 0 Å². The van der Waals surface area contributed by atoms with Crippen LogP contribution in [0.4, 0.5) is 0 Å². The van der Waals surface area contributed by atoms with Crippen LogP contribution >= 0.6 is 7.82 Å². The Kier molecular flexibility index (Phi) is 11.4. The number of phosphoric ester groups is 1. The standard InChI is InChI=1S/C7H17O4P.Cu/c1-2-3-4-5-6-7-11-12(8,9)10;/h2-7H2,1H3,(H2,8,9,10);/q;+2/p-2. The van der Waals surface area contributed by atoms with Crippen LogP contribution in [0.2, 0.25) is 0 Å². The molecule has 0 unspecified atom stereocenters. The third-order valence-corrected chi connectivity index (χ3v) is 2.00. The zero-order valence-electron chi connectivity index (χ0n) is 7.62. The average molecular weight is 258 g/mol. The summed E-state index contributed by atoms with van der Waals surface area (Å²) in [5, 5.41) is 0. The van der Waals surface area contributed by atoms with E-state index in [0.717, 1.165) is 25.7 Å². The van der Waals surface area contributed by atoms with Gasteiger partial charge in [0.15, 0.2) is 0 Å². The monoisotopic (exact) mass is 257 g/mol. The Morgan fingerprint density at radius 2 is 1.69 bits per heavy atom. The molecule has 1 radical (unpaired) electrons. The van der Waals surface area contributed by atoms with Gasteiger partial charge in [-0.1, -0.05) is 32.6 Å². The van der Waals surface area contributed by atoms with Gasteiger partial charge in [0.2, 0.25) is 0 Å². The summed E-state index contributed by atoms with van der Waals surface area (Å²) >= 11 is 0. The molecule has 0 aliphatic carbocycles. The largest absolute Gasteiger partial charge is 2.00 e. The van der Waals surface area contributed by atoms with E-state index in [4.69, 9.17) is 0 Å². The molecule has 0 amide bonds. The first-order chi connectivity index (χ1) is 5.56. The molecular formula is C7H15CuO4P. The fourth-order valence-electron chi connectivity index (χ4n) is 0.882. The molecule has 0 saturated carbocycles. The van der Waals surface area contributed by atoms with E-state index in [-0.39, 0.29) is 23.7 Å². The fraction of sp³-hybridized carbons (Fsp3) is 1.00. The molecule has 83 valence electrons. The summed E-state index contributed by atoms with van der Waals surface area (Å²) < 4.78 is 14.0. The summed E-state index contributed by atoms with van der Waals surface area (Å²) in [5.41, 5.74) is 0. The van der Waals surface area contributed by atoms with Crippen LogP contribution in [0.15, 0.2) is 0 Å². The molecule has 4 nitrogen and oxygen atoms in total. The Hall–Kier alpha value is 0.629. The van der Waals surface area contributed by atoms with Gasteiger partial charge in [-0.3, -0.25) is 0 Å². The van der Waals surface area contributed by atoms with Crippen molar-refractivity contribution >= 4 is 7.82 Å². The zero-order chi connectivity index (χ0) is 9.45. The van der Waals surface area contributed by atoms with E-state index < -0.39 is 7.82 Å². The molecule has 0 N–H and O–H groups in total. The predicted molar refractivity (Wildman–Crippen MR) is 42.3 cm³/mol. The van der Waals surface area contributed by atoms with E-state index in [0.29, 0.717) is 6.42 Å². The van der Waals surface area contributed by atoms with Crippen molar-refractivity contribution in [2.24, 2.45) is 0 Å². The van der Waals surface area contributed by atoms with Crippen LogP contribution < -0.4 is 9.79 Å². The molecule has 0 aliphatic rings. The third kappa shape index (κ3) is 15.4. The van der Waals surface area contributed by atoms with Crippen LogP contribution in [0.3, 0.4) is 0 Å². The fourth-order valence-corrected chi connectivity index (χ4v) is 1.23. The van der Waals surface area contributed by atoms with Crippen LogP contribution in [0.25, 0.3) is 0 Å². The van der Waals surface area contributed by atoms with Crippen molar-refractivity contribution in [2.75, 3.05) is 6.61 Å². The Labute approximate surface area is 89.8 Å². The van der Waals surface area contributed by atoms with E-state index in [1.165, 1.54) is 0 Å². The minimum absolute atomic E-state index is 0. The van der Waals surface area contributed by atoms with E-state index in [2.05, 4.69) is 11.4 Å². The van der Waals surface area contributed by atoms with E-state index >= 15 is 0 Å². The number of hydrogen-bond acceptors (Lipinski definition) is 4. The number of unbranched alkanes of at least 4 members (excludes halogenated alkanes) is 4. The van der Waals surface area contributed by atoms with Crippen LogP contribution in [-0.2, 0) is 26.2 Å². The van der Waals surface area contributed by atoms with Gasteiger partial charge in [-0.25, -0.2) is 0 Å². The SMILES string of the molecule is CCCCCCCOP(=O)([O-])[O-].[Cu+2]. The van der Waals surface area contributed by atoms with Gasteiger partial charge in [-0.05, 0) is 6.42 Å². The zero-order valence-corrected chi connectivity index (χ0v) is 9.46. The summed E-state index contributed by atoms with van der Waals surface area (Å²) in [6.45, 7) is 2.13. The molecule has 0 saturated heterocycles. The van der Waals surface area contributed by atoms with Gasteiger partial charge in [0.05, 0.1) is 14.4 Å². The third-order valence-electron chi connectivity index (χ3n) is 1.50. The normalized spacial score (nSPS) is 11.0. The van der Waals surface area contributed by atoms with Gasteiger partial charge in [-0.2, -0.15) is 0 Å². The maximum absolute atomic E-state index is 9.97. The molecular weight excluding hydrogens is 243 g/mol. The first-order valence-corrected chi connectivity index (χ1v) is 5.69. The topological polar surface area (TPSA) is 72.4 Å². The van der Waals surface area contributed by atoms with E-state index in [1.54, 1.807) is 0 Å². The van der Waals surface area contributed by atoms with Crippen LogP contribution in [0.5, 0.6) is 0 Å². The maximum atomic E-state index is 9.97. The number of hydrogen-bond donors (Lipinski definition) is 0. The summed E-state index contributed by atoms with van der Waals surface area (Å²) in [4.78, 5) is 19.9. The Balaban J connectivity index is 0. The molecule has 0 aromatic heterocycles. The van der Waals surface area contributed by atoms with Gasteiger partial charge in [0.25, 0.3) is 0 Å². The second-order valence-corrected chi connectivity index (χ2v) is 3.85. The van der Waals surface area contributed by atoms with E-state index in [9.17, 15) is 14.4 Å². The smallest absolute Gasteiger partial charge is 0.790 e. The minimum atomic E-state index is -4.72. The molecule has 0 heterocycles. The second kappa shape index (κ2) is 9.19. The molecule has 0 aliphatic heterocycles. The summed E-state index contributed by atoms with van der Waals surface area (Å²) in [6, 6.07) is 0. The molecule has 0 atom stereocenters. The Bertz CT molecular complexity index is 147. The van der Waals surface area contributed by atoms with Crippen molar-refractivity contribution < 1.29 is 35.9 Å². The molecule has 13 heavy (non-hydrogen) atoms. The van der Waals surface area contributed by atoms with Gasteiger partial charge in [0.1, 0.15) is 0 Å². The molecule has 0 fully saturated rings. The average Bonchev–Trinajstić information content (AvgIpc) is 1.94. The molecule has 6 heteroatoms. The molecule has 0 aromatic carbocycles. The van der Waals surface area contributed by atoms with Gasteiger partial charge >= 0.3 is 17.1 Å². The molecule has 0 spiro atoms. The van der Waals surface area contributed by atoms with Crippen LogP contribution in [0, 0.1) is 0 Å². The van der Waals surface area contributed by atoms with Crippen LogP contribution in [0.1, 0.15) is 39.0 Å². The quantitative estimate of drug-likeness (QED) is 0.384. The minimum Gasteiger partial charge on any atom is -0.790 e. The molecule has 0 rings (SSSR count). The van der Waals surface area contributed by atoms with Gasteiger partial charge in [-0.15, -0.1) is 0 Å². The first-order valence-electron chi connectivity index (χ1n) is 4.23. The van der Waals surface area contributed by atoms with Gasteiger partial charge in [0, 0.05) is 0 Å². The molecule has 0 bridgehead atoms. The first kappa shape index (κ1) is 16.1.